The van der Waals surface area contributed by atoms with Gasteiger partial charge in [0, 0.05) is 13.0 Å². The first-order chi connectivity index (χ1) is 7.20. The summed E-state index contributed by atoms with van der Waals surface area (Å²) in [6, 6.07) is -0.307. The second-order valence-electron chi connectivity index (χ2n) is 3.37. The van der Waals surface area contributed by atoms with Crippen LogP contribution in [0.25, 0.3) is 0 Å². The van der Waals surface area contributed by atoms with E-state index in [0.717, 1.165) is 0 Å². The van der Waals surface area contributed by atoms with Gasteiger partial charge >= 0.3 is 6.03 Å². The highest BCUT2D eigenvalue weighted by molar-refractivity contribution is 8.00. The van der Waals surface area contributed by atoms with Crippen LogP contribution in [0.1, 0.15) is 6.42 Å². The molecule has 3 N–H and O–H groups in total. The summed E-state index contributed by atoms with van der Waals surface area (Å²) in [6.07, 6.45) is 0.604. The van der Waals surface area contributed by atoms with Gasteiger partial charge in [0.2, 0.25) is 0 Å². The Balaban J connectivity index is 1.98. The maximum atomic E-state index is 11.5. The molecule has 0 bridgehead atoms. The molecule has 15 heavy (non-hydrogen) atoms. The van der Waals surface area contributed by atoms with Gasteiger partial charge in [-0.15, -0.1) is 11.8 Å². The number of aliphatic hydroxyl groups is 1. The SMILES string of the molecule is NC1=NC(=O)N(C2CO[C@@H](CO)S2)CC1. The molecular weight excluding hydrogens is 218 g/mol. The van der Waals surface area contributed by atoms with Gasteiger partial charge in [0.1, 0.15) is 16.6 Å². The molecule has 2 aliphatic rings. The molecule has 0 aliphatic carbocycles. The highest BCUT2D eigenvalue weighted by atomic mass is 32.2. The molecule has 0 aromatic rings. The van der Waals surface area contributed by atoms with Crippen LogP contribution in [0, 0.1) is 0 Å². The number of hydrogen-bond donors (Lipinski definition) is 2. The predicted molar refractivity (Wildman–Crippen MR) is 56.5 cm³/mol. The van der Waals surface area contributed by atoms with Crippen LogP contribution in [0.4, 0.5) is 4.79 Å². The molecule has 1 unspecified atom stereocenters. The highest BCUT2D eigenvalue weighted by Gasteiger charge is 2.34. The summed E-state index contributed by atoms with van der Waals surface area (Å²) >= 11 is 1.44. The lowest BCUT2D eigenvalue weighted by atomic mass is 10.3. The second kappa shape index (κ2) is 4.38. The molecule has 2 atom stereocenters. The van der Waals surface area contributed by atoms with Gasteiger partial charge in [0.15, 0.2) is 0 Å². The number of amidine groups is 1. The van der Waals surface area contributed by atoms with Crippen LogP contribution in [0.3, 0.4) is 0 Å². The summed E-state index contributed by atoms with van der Waals surface area (Å²) in [5, 5.41) is 8.84. The first kappa shape index (κ1) is 10.7. The lowest BCUT2D eigenvalue weighted by Gasteiger charge is -2.28. The van der Waals surface area contributed by atoms with E-state index in [1.165, 1.54) is 11.8 Å². The van der Waals surface area contributed by atoms with Crippen LogP contribution in [-0.4, -0.2) is 52.4 Å². The molecule has 2 aliphatic heterocycles. The number of carbonyl (C=O) groups is 1. The Morgan fingerprint density at radius 2 is 2.53 bits per heavy atom. The third-order valence-electron chi connectivity index (χ3n) is 2.32. The van der Waals surface area contributed by atoms with Gasteiger partial charge in [-0.1, -0.05) is 0 Å². The first-order valence-electron chi connectivity index (χ1n) is 4.72. The average molecular weight is 231 g/mol. The molecule has 2 rings (SSSR count). The van der Waals surface area contributed by atoms with Crippen LogP contribution in [-0.2, 0) is 4.74 Å². The number of aliphatic imine (C=N–C) groups is 1. The average Bonchev–Trinajstić information content (AvgIpc) is 2.66. The standard InChI is InChI=1S/C8H13N3O3S/c9-5-1-2-11(8(13)10-5)6-4-14-7(3-12)15-6/h6-7,12H,1-4H2,(H2,9,10,13)/t6?,7-/m1/s1. The molecule has 84 valence electrons. The number of amides is 2. The highest BCUT2D eigenvalue weighted by Crippen LogP contribution is 2.30. The molecule has 0 spiro atoms. The third-order valence-corrected chi connectivity index (χ3v) is 3.62. The molecule has 2 heterocycles. The van der Waals surface area contributed by atoms with Gasteiger partial charge in [-0.2, -0.15) is 4.99 Å². The topological polar surface area (TPSA) is 88.2 Å². The minimum atomic E-state index is -0.307. The van der Waals surface area contributed by atoms with E-state index in [0.29, 0.717) is 25.4 Å². The molecule has 1 saturated heterocycles. The zero-order valence-electron chi connectivity index (χ0n) is 8.13. The summed E-state index contributed by atoms with van der Waals surface area (Å²) in [4.78, 5) is 16.9. The van der Waals surface area contributed by atoms with Gasteiger partial charge in [-0.05, 0) is 0 Å². The summed E-state index contributed by atoms with van der Waals surface area (Å²) < 4.78 is 5.28. The maximum Gasteiger partial charge on any atom is 0.346 e. The molecule has 7 heteroatoms. The Morgan fingerprint density at radius 1 is 1.73 bits per heavy atom. The molecule has 0 aromatic carbocycles. The van der Waals surface area contributed by atoms with Crippen molar-refractivity contribution in [2.24, 2.45) is 10.7 Å². The molecule has 6 nitrogen and oxygen atoms in total. The van der Waals surface area contributed by atoms with E-state index in [2.05, 4.69) is 4.99 Å². The number of nitrogens with zero attached hydrogens (tertiary/aromatic N) is 2. The second-order valence-corrected chi connectivity index (χ2v) is 4.71. The van der Waals surface area contributed by atoms with Crippen molar-refractivity contribution in [2.75, 3.05) is 19.8 Å². The molecule has 0 aromatic heterocycles. The Labute approximate surface area is 91.5 Å². The van der Waals surface area contributed by atoms with E-state index in [1.807, 2.05) is 0 Å². The zero-order valence-corrected chi connectivity index (χ0v) is 8.94. The van der Waals surface area contributed by atoms with Crippen LogP contribution in [0.15, 0.2) is 4.99 Å². The van der Waals surface area contributed by atoms with Crippen LogP contribution < -0.4 is 5.73 Å². The minimum Gasteiger partial charge on any atom is -0.393 e. The summed E-state index contributed by atoms with van der Waals surface area (Å²) in [5.41, 5.74) is 5.23. The monoisotopic (exact) mass is 231 g/mol. The van der Waals surface area contributed by atoms with Crippen molar-refractivity contribution in [1.82, 2.24) is 4.90 Å². The van der Waals surface area contributed by atoms with Gasteiger partial charge in [-0.25, -0.2) is 4.79 Å². The maximum absolute atomic E-state index is 11.5. The van der Waals surface area contributed by atoms with Crippen LogP contribution in [0.2, 0.25) is 0 Å². The summed E-state index contributed by atoms with van der Waals surface area (Å²) in [6.45, 7) is 0.985. The lowest BCUT2D eigenvalue weighted by molar-refractivity contribution is 0.0724. The van der Waals surface area contributed by atoms with Crippen LogP contribution >= 0.6 is 11.8 Å². The molecule has 1 fully saturated rings. The quantitative estimate of drug-likeness (QED) is 0.673. The van der Waals surface area contributed by atoms with Gasteiger partial charge in [-0.3, -0.25) is 0 Å². The van der Waals surface area contributed by atoms with E-state index >= 15 is 0 Å². The van der Waals surface area contributed by atoms with Crippen molar-refractivity contribution in [3.63, 3.8) is 0 Å². The zero-order chi connectivity index (χ0) is 10.8. The fourth-order valence-corrected chi connectivity index (χ4v) is 2.64. The van der Waals surface area contributed by atoms with E-state index in [1.54, 1.807) is 4.90 Å². The number of thioether (sulfide) groups is 1. The summed E-state index contributed by atoms with van der Waals surface area (Å²) in [7, 11) is 0. The number of hydrogen-bond acceptors (Lipinski definition) is 5. The van der Waals surface area contributed by atoms with Gasteiger partial charge in [0.25, 0.3) is 0 Å². The largest absolute Gasteiger partial charge is 0.393 e. The number of ether oxygens (including phenoxy) is 1. The van der Waals surface area contributed by atoms with Crippen molar-refractivity contribution in [2.45, 2.75) is 17.2 Å². The summed E-state index contributed by atoms with van der Waals surface area (Å²) in [5.74, 6) is 0.388. The Bertz CT molecular complexity index is 297. The number of carbonyl (C=O) groups excluding carboxylic acids is 1. The van der Waals surface area contributed by atoms with Gasteiger partial charge in [0.05, 0.1) is 13.2 Å². The minimum absolute atomic E-state index is 0.0331. The Kier molecular flexibility index (Phi) is 3.13. The number of aliphatic hydroxyl groups excluding tert-OH is 1. The smallest absolute Gasteiger partial charge is 0.346 e. The molecule has 0 radical (unpaired) electrons. The van der Waals surface area contributed by atoms with Crippen molar-refractivity contribution in [3.05, 3.63) is 0 Å². The fraction of sp³-hybridized carbons (Fsp3) is 0.750. The number of nitrogens with two attached hydrogens (primary N) is 1. The van der Waals surface area contributed by atoms with Crippen molar-refractivity contribution in [3.8, 4) is 0 Å². The van der Waals surface area contributed by atoms with Gasteiger partial charge < -0.3 is 20.5 Å². The van der Waals surface area contributed by atoms with E-state index < -0.39 is 0 Å². The normalized spacial score (nSPS) is 31.9. The Hall–Kier alpha value is -0.790. The first-order valence-corrected chi connectivity index (χ1v) is 5.66. The van der Waals surface area contributed by atoms with Crippen molar-refractivity contribution >= 4 is 23.6 Å². The molecular formula is C8H13N3O3S. The van der Waals surface area contributed by atoms with E-state index in [4.69, 9.17) is 15.6 Å². The Morgan fingerprint density at radius 3 is 3.13 bits per heavy atom. The van der Waals surface area contributed by atoms with Crippen molar-refractivity contribution < 1.29 is 14.6 Å². The van der Waals surface area contributed by atoms with E-state index in [9.17, 15) is 4.79 Å². The third kappa shape index (κ3) is 2.24. The number of urea groups is 1. The van der Waals surface area contributed by atoms with E-state index in [-0.39, 0.29) is 23.4 Å². The lowest BCUT2D eigenvalue weighted by Crippen LogP contribution is -2.43. The predicted octanol–water partition coefficient (Wildman–Crippen LogP) is -0.423. The van der Waals surface area contributed by atoms with Crippen molar-refractivity contribution in [1.29, 1.82) is 0 Å². The number of rotatable bonds is 2. The van der Waals surface area contributed by atoms with Crippen LogP contribution in [0.5, 0.6) is 0 Å². The molecule has 2 amide bonds. The fourth-order valence-electron chi connectivity index (χ4n) is 1.54. The molecule has 0 saturated carbocycles.